The number of para-hydroxylation sites is 1. The van der Waals surface area contributed by atoms with Gasteiger partial charge in [0.1, 0.15) is 11.3 Å². The molecule has 4 aliphatic carbocycles. The first-order chi connectivity index (χ1) is 23.4. The number of nitrogens with one attached hydrogen (secondary N) is 1. The number of methoxy groups -OCH3 is 2. The Morgan fingerprint density at radius 1 is 0.979 bits per heavy atom. The molecule has 0 saturated heterocycles. The Hall–Kier alpha value is -4.84. The molecule has 1 aromatic carbocycles. The minimum Gasteiger partial charge on any atom is -0.478 e. The maximum atomic E-state index is 13.4. The summed E-state index contributed by atoms with van der Waals surface area (Å²) in [5, 5.41) is 8.83. The van der Waals surface area contributed by atoms with E-state index in [4.69, 9.17) is 24.5 Å². The van der Waals surface area contributed by atoms with Gasteiger partial charge in [-0.2, -0.15) is 5.10 Å². The maximum absolute atomic E-state index is 13.4. The number of esters is 1. The molecule has 48 heavy (non-hydrogen) atoms. The van der Waals surface area contributed by atoms with E-state index < -0.39 is 5.97 Å². The van der Waals surface area contributed by atoms with E-state index >= 15 is 0 Å². The summed E-state index contributed by atoms with van der Waals surface area (Å²) >= 11 is 1.53. The smallest absolute Gasteiger partial charge is 0.342 e. The van der Waals surface area contributed by atoms with Crippen molar-refractivity contribution in [3.05, 3.63) is 66.4 Å². The van der Waals surface area contributed by atoms with Crippen LogP contribution >= 0.6 is 11.3 Å². The van der Waals surface area contributed by atoms with E-state index in [2.05, 4.69) is 26.9 Å². The van der Waals surface area contributed by atoms with Crippen LogP contribution in [0.3, 0.4) is 0 Å². The SMILES string of the molecule is COC(=O)c1c(-c2cnn(CC34CC5CC(CC(C5)C3)C4)c2C)ccn2c(-c3cnc(Nc4nc5ccccc5s4)c(OC)n3)cnc12. The number of thiazole rings is 1. The van der Waals surface area contributed by atoms with Gasteiger partial charge in [0.05, 0.1) is 48.7 Å². The number of benzene rings is 1. The van der Waals surface area contributed by atoms with Gasteiger partial charge in [0, 0.05) is 29.6 Å². The summed E-state index contributed by atoms with van der Waals surface area (Å²) in [5.74, 6) is 2.95. The van der Waals surface area contributed by atoms with E-state index in [1.807, 2.05) is 47.1 Å². The molecule has 1 N–H and O–H groups in total. The molecule has 5 heterocycles. The van der Waals surface area contributed by atoms with E-state index in [0.29, 0.717) is 44.8 Å². The lowest BCUT2D eigenvalue weighted by Crippen LogP contribution is -2.48. The van der Waals surface area contributed by atoms with Crippen LogP contribution in [-0.2, 0) is 11.3 Å². The number of imidazole rings is 1. The van der Waals surface area contributed by atoms with E-state index in [1.54, 1.807) is 19.5 Å². The number of ether oxygens (including phenoxy) is 2. The molecular weight excluding hydrogens is 625 g/mol. The van der Waals surface area contributed by atoms with Gasteiger partial charge in [0.2, 0.25) is 0 Å². The summed E-state index contributed by atoms with van der Waals surface area (Å²) in [7, 11) is 2.95. The first kappa shape index (κ1) is 29.3. The second kappa shape index (κ2) is 11.1. The number of pyridine rings is 1. The van der Waals surface area contributed by atoms with Gasteiger partial charge < -0.3 is 14.8 Å². The molecule has 0 spiro atoms. The number of nitrogens with zero attached hydrogens (tertiary/aromatic N) is 7. The lowest BCUT2D eigenvalue weighted by molar-refractivity contribution is -0.0638. The molecule has 11 nitrogen and oxygen atoms in total. The number of carbonyl (C=O) groups excluding carboxylic acids is 1. The molecular formula is C36H36N8O3S. The highest BCUT2D eigenvalue weighted by Crippen LogP contribution is 2.60. The van der Waals surface area contributed by atoms with Crippen LogP contribution in [0.5, 0.6) is 5.88 Å². The fourth-order valence-corrected chi connectivity index (χ4v) is 10.1. The summed E-state index contributed by atoms with van der Waals surface area (Å²) in [5.41, 5.74) is 6.03. The Labute approximate surface area is 281 Å². The third kappa shape index (κ3) is 4.75. The largest absolute Gasteiger partial charge is 0.478 e. The number of carbonyl (C=O) groups is 1. The maximum Gasteiger partial charge on any atom is 0.342 e. The van der Waals surface area contributed by atoms with E-state index in [-0.39, 0.29) is 0 Å². The molecule has 12 heteroatoms. The molecule has 244 valence electrons. The van der Waals surface area contributed by atoms with Crippen molar-refractivity contribution < 1.29 is 14.3 Å². The summed E-state index contributed by atoms with van der Waals surface area (Å²) in [6, 6.07) is 9.89. The van der Waals surface area contributed by atoms with Crippen molar-refractivity contribution in [2.24, 2.45) is 23.2 Å². The molecule has 0 radical (unpaired) electrons. The second-order valence-corrected chi connectivity index (χ2v) is 14.9. The van der Waals surface area contributed by atoms with Crippen molar-refractivity contribution in [2.75, 3.05) is 19.5 Å². The highest BCUT2D eigenvalue weighted by atomic mass is 32.1. The molecule has 4 aliphatic rings. The molecule has 0 atom stereocenters. The summed E-state index contributed by atoms with van der Waals surface area (Å²) < 4.78 is 16.0. The quantitative estimate of drug-likeness (QED) is 0.167. The molecule has 6 aromatic rings. The van der Waals surface area contributed by atoms with E-state index in [1.165, 1.54) is 57.0 Å². The van der Waals surface area contributed by atoms with Gasteiger partial charge in [-0.3, -0.25) is 9.08 Å². The van der Waals surface area contributed by atoms with Crippen LogP contribution in [0.2, 0.25) is 0 Å². The molecule has 4 bridgehead atoms. The summed E-state index contributed by atoms with van der Waals surface area (Å²) in [6.45, 7) is 3.05. The fourth-order valence-electron chi connectivity index (χ4n) is 9.19. The van der Waals surface area contributed by atoms with Gasteiger partial charge in [-0.05, 0) is 86.8 Å². The van der Waals surface area contributed by atoms with Crippen LogP contribution in [0.1, 0.15) is 54.6 Å². The molecule has 4 fully saturated rings. The van der Waals surface area contributed by atoms with Crippen LogP contribution in [0.25, 0.3) is 38.4 Å². The van der Waals surface area contributed by atoms with Gasteiger partial charge in [-0.1, -0.05) is 23.5 Å². The molecule has 0 aliphatic heterocycles. The molecule has 0 unspecified atom stereocenters. The van der Waals surface area contributed by atoms with Crippen molar-refractivity contribution in [1.29, 1.82) is 0 Å². The summed E-state index contributed by atoms with van der Waals surface area (Å²) in [6.07, 6.45) is 15.4. The minimum absolute atomic E-state index is 0.313. The van der Waals surface area contributed by atoms with Crippen molar-refractivity contribution in [3.8, 4) is 28.4 Å². The van der Waals surface area contributed by atoms with E-state index in [9.17, 15) is 4.79 Å². The second-order valence-electron chi connectivity index (χ2n) is 13.9. The van der Waals surface area contributed by atoms with Crippen molar-refractivity contribution in [3.63, 3.8) is 0 Å². The van der Waals surface area contributed by atoms with Crippen LogP contribution < -0.4 is 10.1 Å². The number of aromatic nitrogens is 7. The zero-order chi connectivity index (χ0) is 32.6. The first-order valence-electron chi connectivity index (χ1n) is 16.6. The molecule has 5 aromatic heterocycles. The monoisotopic (exact) mass is 660 g/mol. The number of anilines is 2. The highest BCUT2D eigenvalue weighted by Gasteiger charge is 2.51. The van der Waals surface area contributed by atoms with E-state index in [0.717, 1.165) is 51.3 Å². The predicted molar refractivity (Wildman–Crippen MR) is 184 cm³/mol. The Kier molecular flexibility index (Phi) is 6.79. The van der Waals surface area contributed by atoms with Gasteiger partial charge in [0.15, 0.2) is 16.6 Å². The average molecular weight is 661 g/mol. The standard InChI is InChI=1S/C36H36N8O3S/c1-20-25(16-39-44(20)19-36-13-21-10-22(14-36)12-23(11-21)15-36)24-8-9-43-28(18-38-32(43)30(24)34(45)47-3)27-17-37-31(33(40-27)46-2)42-35-41-26-6-4-5-7-29(26)48-35/h4-9,16-18,21-23H,10-15,19H2,1-3H3,(H,37,41,42). The zero-order valence-electron chi connectivity index (χ0n) is 27.1. The van der Waals surface area contributed by atoms with Gasteiger partial charge in [-0.15, -0.1) is 0 Å². The van der Waals surface area contributed by atoms with Crippen LogP contribution in [-0.4, -0.2) is 54.3 Å². The van der Waals surface area contributed by atoms with Crippen molar-refractivity contribution >= 4 is 44.1 Å². The first-order valence-corrected chi connectivity index (χ1v) is 17.4. The molecule has 0 amide bonds. The van der Waals surface area contributed by atoms with Crippen LogP contribution in [0.15, 0.2) is 55.1 Å². The average Bonchev–Trinajstić information content (AvgIpc) is 3.80. The Balaban J connectivity index is 1.05. The Bertz CT molecular complexity index is 2150. The Morgan fingerprint density at radius 3 is 2.48 bits per heavy atom. The third-order valence-electron chi connectivity index (χ3n) is 10.8. The number of rotatable bonds is 8. The van der Waals surface area contributed by atoms with Gasteiger partial charge in [-0.25, -0.2) is 24.7 Å². The predicted octanol–water partition coefficient (Wildman–Crippen LogP) is 7.33. The van der Waals surface area contributed by atoms with Gasteiger partial charge >= 0.3 is 5.97 Å². The number of fused-ring (bicyclic) bond motifs is 2. The van der Waals surface area contributed by atoms with Gasteiger partial charge in [0.25, 0.3) is 5.88 Å². The Morgan fingerprint density at radius 2 is 1.75 bits per heavy atom. The summed E-state index contributed by atoms with van der Waals surface area (Å²) in [4.78, 5) is 32.1. The fraction of sp³-hybridized carbons (Fsp3) is 0.389. The lowest BCUT2D eigenvalue weighted by Gasteiger charge is -2.56. The molecule has 10 rings (SSSR count). The lowest BCUT2D eigenvalue weighted by atomic mass is 9.49. The van der Waals surface area contributed by atoms with Crippen molar-refractivity contribution in [1.82, 2.24) is 34.1 Å². The highest BCUT2D eigenvalue weighted by molar-refractivity contribution is 7.22. The minimum atomic E-state index is -0.458. The topological polar surface area (TPSA) is 121 Å². The van der Waals surface area contributed by atoms with Crippen molar-refractivity contribution in [2.45, 2.75) is 52.0 Å². The third-order valence-corrected chi connectivity index (χ3v) is 11.8. The normalized spacial score (nSPS) is 22.9. The number of hydrogen-bond acceptors (Lipinski definition) is 10. The zero-order valence-corrected chi connectivity index (χ0v) is 28.0. The number of hydrogen-bond donors (Lipinski definition) is 1. The molecule has 4 saturated carbocycles. The van der Waals surface area contributed by atoms with Crippen LogP contribution in [0.4, 0.5) is 10.9 Å². The van der Waals surface area contributed by atoms with Crippen LogP contribution in [0, 0.1) is 30.1 Å².